The summed E-state index contributed by atoms with van der Waals surface area (Å²) in [5.74, 6) is 0.00176. The summed E-state index contributed by atoms with van der Waals surface area (Å²) in [4.78, 5) is 12.2. The molecule has 3 aliphatic rings. The van der Waals surface area contributed by atoms with E-state index < -0.39 is 0 Å². The number of carbonyl (C=O) groups excluding carboxylic acids is 1. The van der Waals surface area contributed by atoms with E-state index in [0.29, 0.717) is 19.2 Å². The summed E-state index contributed by atoms with van der Waals surface area (Å²) in [6.07, 6.45) is 6.26. The lowest BCUT2D eigenvalue weighted by Crippen LogP contribution is -2.44. The lowest BCUT2D eigenvalue weighted by Gasteiger charge is -2.27. The normalized spacial score (nSPS) is 36.4. The molecule has 2 heterocycles. The van der Waals surface area contributed by atoms with Gasteiger partial charge in [-0.05, 0) is 39.2 Å². The molecule has 3 rings (SSSR count). The lowest BCUT2D eigenvalue weighted by molar-refractivity contribution is -0.161. The summed E-state index contributed by atoms with van der Waals surface area (Å²) < 4.78 is 11.8. The molecule has 5 heteroatoms. The van der Waals surface area contributed by atoms with Gasteiger partial charge in [0.1, 0.15) is 6.10 Å². The molecule has 20 heavy (non-hydrogen) atoms. The van der Waals surface area contributed by atoms with Gasteiger partial charge in [0, 0.05) is 31.3 Å². The molecule has 2 aliphatic heterocycles. The fourth-order valence-corrected chi connectivity index (χ4v) is 3.62. The van der Waals surface area contributed by atoms with Gasteiger partial charge < -0.3 is 20.1 Å². The second-order valence-electron chi connectivity index (χ2n) is 6.49. The standard InChI is InChI=1S/C15H26N2O3/c1-11-8-12(4-7-16-11)14(18)17-9-13-10-19-15(20-13)5-2-3-6-15/h11-13,16H,2-10H2,1H3,(H,17,18)/t11-,12-,13?/m0/s1. The molecule has 0 aromatic carbocycles. The molecule has 0 aromatic rings. The van der Waals surface area contributed by atoms with Gasteiger partial charge in [-0.3, -0.25) is 4.79 Å². The molecule has 1 aliphatic carbocycles. The molecule has 1 amide bonds. The highest BCUT2D eigenvalue weighted by atomic mass is 16.7. The summed E-state index contributed by atoms with van der Waals surface area (Å²) in [6.45, 7) is 4.27. The Morgan fingerprint density at radius 1 is 1.40 bits per heavy atom. The van der Waals surface area contributed by atoms with Crippen molar-refractivity contribution in [3.63, 3.8) is 0 Å². The van der Waals surface area contributed by atoms with Crippen LogP contribution in [0.2, 0.25) is 0 Å². The van der Waals surface area contributed by atoms with Crippen LogP contribution in [0.25, 0.3) is 0 Å². The van der Waals surface area contributed by atoms with Gasteiger partial charge >= 0.3 is 0 Å². The highest BCUT2D eigenvalue weighted by Gasteiger charge is 2.43. The SMILES string of the molecule is C[C@H]1C[C@@H](C(=O)NCC2COC3(CCCC3)O2)CCN1. The van der Waals surface area contributed by atoms with Crippen LogP contribution in [0.4, 0.5) is 0 Å². The number of nitrogens with one attached hydrogen (secondary N) is 2. The first kappa shape index (κ1) is 14.3. The zero-order valence-corrected chi connectivity index (χ0v) is 12.3. The topological polar surface area (TPSA) is 59.6 Å². The average Bonchev–Trinajstić information content (AvgIpc) is 3.07. The summed E-state index contributed by atoms with van der Waals surface area (Å²) in [6, 6.07) is 0.437. The number of hydrogen-bond acceptors (Lipinski definition) is 4. The Morgan fingerprint density at radius 3 is 2.95 bits per heavy atom. The van der Waals surface area contributed by atoms with Crippen LogP contribution >= 0.6 is 0 Å². The van der Waals surface area contributed by atoms with Gasteiger partial charge in [0.25, 0.3) is 0 Å². The van der Waals surface area contributed by atoms with Gasteiger partial charge in [0.15, 0.2) is 5.79 Å². The first-order valence-corrected chi connectivity index (χ1v) is 8.00. The van der Waals surface area contributed by atoms with Crippen LogP contribution in [0, 0.1) is 5.92 Å². The highest BCUT2D eigenvalue weighted by molar-refractivity contribution is 5.78. The van der Waals surface area contributed by atoms with Crippen molar-refractivity contribution in [2.75, 3.05) is 19.7 Å². The molecule has 2 N–H and O–H groups in total. The van der Waals surface area contributed by atoms with Crippen LogP contribution in [-0.4, -0.2) is 43.5 Å². The maximum Gasteiger partial charge on any atom is 0.223 e. The maximum atomic E-state index is 12.2. The third-order valence-electron chi connectivity index (χ3n) is 4.78. The minimum Gasteiger partial charge on any atom is -0.353 e. The van der Waals surface area contributed by atoms with Gasteiger partial charge in [-0.2, -0.15) is 0 Å². The van der Waals surface area contributed by atoms with Crippen molar-refractivity contribution >= 4 is 5.91 Å². The van der Waals surface area contributed by atoms with E-state index in [1.54, 1.807) is 0 Å². The molecule has 0 bridgehead atoms. The van der Waals surface area contributed by atoms with Crippen LogP contribution < -0.4 is 10.6 Å². The molecule has 2 saturated heterocycles. The number of carbonyl (C=O) groups is 1. The first-order valence-electron chi connectivity index (χ1n) is 8.00. The van der Waals surface area contributed by atoms with Crippen LogP contribution in [0.1, 0.15) is 45.4 Å². The maximum absolute atomic E-state index is 12.2. The number of ether oxygens (including phenoxy) is 2. The highest BCUT2D eigenvalue weighted by Crippen LogP contribution is 2.39. The van der Waals surface area contributed by atoms with Crippen LogP contribution in [-0.2, 0) is 14.3 Å². The van der Waals surface area contributed by atoms with Gasteiger partial charge in [-0.25, -0.2) is 0 Å². The largest absolute Gasteiger partial charge is 0.353 e. The summed E-state index contributed by atoms with van der Waals surface area (Å²) in [7, 11) is 0. The van der Waals surface area contributed by atoms with E-state index >= 15 is 0 Å². The second-order valence-corrected chi connectivity index (χ2v) is 6.49. The molecule has 114 valence electrons. The molecule has 3 atom stereocenters. The monoisotopic (exact) mass is 282 g/mol. The Balaban J connectivity index is 1.42. The zero-order valence-electron chi connectivity index (χ0n) is 12.3. The quantitative estimate of drug-likeness (QED) is 0.816. The molecule has 0 aromatic heterocycles. The van der Waals surface area contributed by atoms with E-state index in [-0.39, 0.29) is 23.7 Å². The van der Waals surface area contributed by atoms with E-state index in [9.17, 15) is 4.79 Å². The fourth-order valence-electron chi connectivity index (χ4n) is 3.62. The predicted octanol–water partition coefficient (Wildman–Crippen LogP) is 1.18. The Bertz CT molecular complexity index is 355. The van der Waals surface area contributed by atoms with Crippen molar-refractivity contribution in [2.24, 2.45) is 5.92 Å². The van der Waals surface area contributed by atoms with Gasteiger partial charge in [0.2, 0.25) is 5.91 Å². The molecular weight excluding hydrogens is 256 g/mol. The van der Waals surface area contributed by atoms with Crippen molar-refractivity contribution < 1.29 is 14.3 Å². The Labute approximate surface area is 120 Å². The van der Waals surface area contributed by atoms with E-state index in [4.69, 9.17) is 9.47 Å². The van der Waals surface area contributed by atoms with Gasteiger partial charge in [0.05, 0.1) is 6.61 Å². The molecule has 1 unspecified atom stereocenters. The zero-order chi connectivity index (χ0) is 14.0. The molecule has 1 saturated carbocycles. The molecule has 3 fully saturated rings. The van der Waals surface area contributed by atoms with Gasteiger partial charge in [-0.1, -0.05) is 0 Å². The Hall–Kier alpha value is -0.650. The average molecular weight is 282 g/mol. The predicted molar refractivity (Wildman–Crippen MR) is 75.2 cm³/mol. The van der Waals surface area contributed by atoms with E-state index in [2.05, 4.69) is 17.6 Å². The minimum atomic E-state index is -0.321. The summed E-state index contributed by atoms with van der Waals surface area (Å²) in [5.41, 5.74) is 0. The molecule has 5 nitrogen and oxygen atoms in total. The number of hydrogen-bond donors (Lipinski definition) is 2. The minimum absolute atomic E-state index is 0.0242. The third kappa shape index (κ3) is 3.15. The summed E-state index contributed by atoms with van der Waals surface area (Å²) in [5, 5.41) is 6.42. The second kappa shape index (κ2) is 6.00. The summed E-state index contributed by atoms with van der Waals surface area (Å²) >= 11 is 0. The van der Waals surface area contributed by atoms with Crippen LogP contribution in [0.3, 0.4) is 0 Å². The fraction of sp³-hybridized carbons (Fsp3) is 0.933. The van der Waals surface area contributed by atoms with Crippen molar-refractivity contribution in [3.05, 3.63) is 0 Å². The first-order chi connectivity index (χ1) is 9.67. The molecular formula is C15H26N2O3. The van der Waals surface area contributed by atoms with Crippen molar-refractivity contribution in [1.82, 2.24) is 10.6 Å². The van der Waals surface area contributed by atoms with Crippen molar-refractivity contribution in [3.8, 4) is 0 Å². The lowest BCUT2D eigenvalue weighted by atomic mass is 9.92. The number of amides is 1. The number of rotatable bonds is 3. The van der Waals surface area contributed by atoms with Crippen molar-refractivity contribution in [1.29, 1.82) is 0 Å². The van der Waals surface area contributed by atoms with E-state index in [1.807, 2.05) is 0 Å². The smallest absolute Gasteiger partial charge is 0.223 e. The van der Waals surface area contributed by atoms with Crippen LogP contribution in [0.5, 0.6) is 0 Å². The van der Waals surface area contributed by atoms with Gasteiger partial charge in [-0.15, -0.1) is 0 Å². The molecule has 0 radical (unpaired) electrons. The molecule has 1 spiro atoms. The number of piperidine rings is 1. The Morgan fingerprint density at radius 2 is 2.20 bits per heavy atom. The van der Waals surface area contributed by atoms with E-state index in [0.717, 1.165) is 32.2 Å². The Kier molecular flexibility index (Phi) is 4.29. The van der Waals surface area contributed by atoms with E-state index in [1.165, 1.54) is 12.8 Å². The van der Waals surface area contributed by atoms with Crippen LogP contribution in [0.15, 0.2) is 0 Å². The third-order valence-corrected chi connectivity index (χ3v) is 4.78. The van der Waals surface area contributed by atoms with Crippen molar-refractivity contribution in [2.45, 2.75) is 63.4 Å².